The van der Waals surface area contributed by atoms with Crippen LogP contribution in [0.5, 0.6) is 0 Å². The van der Waals surface area contributed by atoms with Gasteiger partial charge in [0.25, 0.3) is 0 Å². The second kappa shape index (κ2) is 6.00. The molecule has 2 heterocycles. The second-order valence-electron chi connectivity index (χ2n) is 4.14. The molecule has 8 nitrogen and oxygen atoms in total. The van der Waals surface area contributed by atoms with Gasteiger partial charge >= 0.3 is 5.97 Å². The molecule has 0 bridgehead atoms. The van der Waals surface area contributed by atoms with Gasteiger partial charge in [0, 0.05) is 20.0 Å². The van der Waals surface area contributed by atoms with Gasteiger partial charge in [-0.1, -0.05) is 0 Å². The fraction of sp³-hybridized carbons (Fsp3) is 0.333. The van der Waals surface area contributed by atoms with Crippen molar-refractivity contribution in [2.24, 2.45) is 7.05 Å². The molecule has 0 radical (unpaired) electrons. The maximum atomic E-state index is 11.4. The van der Waals surface area contributed by atoms with Crippen molar-refractivity contribution >= 4 is 17.5 Å². The first-order valence-electron chi connectivity index (χ1n) is 6.03. The van der Waals surface area contributed by atoms with Gasteiger partial charge < -0.3 is 15.8 Å². The number of pyridine rings is 1. The number of nitrogens with zero attached hydrogens (tertiary/aromatic N) is 4. The van der Waals surface area contributed by atoms with Crippen LogP contribution in [0.15, 0.2) is 18.5 Å². The van der Waals surface area contributed by atoms with Gasteiger partial charge in [0.1, 0.15) is 12.1 Å². The summed E-state index contributed by atoms with van der Waals surface area (Å²) >= 11 is 0. The van der Waals surface area contributed by atoms with E-state index in [0.29, 0.717) is 24.5 Å². The van der Waals surface area contributed by atoms with E-state index in [1.807, 2.05) is 7.05 Å². The number of aromatic nitrogens is 4. The van der Waals surface area contributed by atoms with Crippen LogP contribution in [0, 0.1) is 0 Å². The smallest absolute Gasteiger partial charge is 0.356 e. The van der Waals surface area contributed by atoms with Crippen molar-refractivity contribution in [3.63, 3.8) is 0 Å². The molecule has 0 aliphatic heterocycles. The minimum Gasteiger partial charge on any atom is -0.464 e. The van der Waals surface area contributed by atoms with Gasteiger partial charge in [-0.05, 0) is 12.1 Å². The molecule has 0 aromatic carbocycles. The SMILES string of the molecule is COC(=O)c1ccc(N)c(NCCc2ncn(C)n2)n1. The highest BCUT2D eigenvalue weighted by atomic mass is 16.5. The Labute approximate surface area is 116 Å². The number of nitrogen functional groups attached to an aromatic ring is 1. The average Bonchev–Trinajstić information content (AvgIpc) is 2.85. The minimum absolute atomic E-state index is 0.208. The molecule has 0 amide bonds. The maximum absolute atomic E-state index is 11.4. The number of esters is 1. The summed E-state index contributed by atoms with van der Waals surface area (Å²) in [5.41, 5.74) is 6.48. The first-order chi connectivity index (χ1) is 9.60. The monoisotopic (exact) mass is 276 g/mol. The summed E-state index contributed by atoms with van der Waals surface area (Å²) in [6.45, 7) is 0.561. The molecule has 20 heavy (non-hydrogen) atoms. The van der Waals surface area contributed by atoms with E-state index < -0.39 is 5.97 Å². The van der Waals surface area contributed by atoms with Crippen molar-refractivity contribution in [3.8, 4) is 0 Å². The number of anilines is 2. The average molecular weight is 276 g/mol. The third kappa shape index (κ3) is 3.22. The molecule has 2 rings (SSSR count). The molecule has 0 spiro atoms. The van der Waals surface area contributed by atoms with Crippen LogP contribution < -0.4 is 11.1 Å². The number of hydrogen-bond donors (Lipinski definition) is 2. The minimum atomic E-state index is -0.501. The van der Waals surface area contributed by atoms with Crippen molar-refractivity contribution in [1.29, 1.82) is 0 Å². The quantitative estimate of drug-likeness (QED) is 0.753. The third-order valence-corrected chi connectivity index (χ3v) is 2.61. The van der Waals surface area contributed by atoms with E-state index in [4.69, 9.17) is 5.73 Å². The van der Waals surface area contributed by atoms with E-state index in [9.17, 15) is 4.79 Å². The van der Waals surface area contributed by atoms with Gasteiger partial charge in [-0.15, -0.1) is 0 Å². The summed E-state index contributed by atoms with van der Waals surface area (Å²) in [6.07, 6.45) is 2.27. The molecule has 0 atom stereocenters. The zero-order chi connectivity index (χ0) is 14.5. The van der Waals surface area contributed by atoms with Crippen molar-refractivity contribution in [1.82, 2.24) is 19.7 Å². The standard InChI is InChI=1S/C12H16N6O2/c1-18-7-15-10(17-18)5-6-14-11-8(13)3-4-9(16-11)12(19)20-2/h3-4,7H,5-6,13H2,1-2H3,(H,14,16). The highest BCUT2D eigenvalue weighted by Gasteiger charge is 2.10. The van der Waals surface area contributed by atoms with Crippen LogP contribution in [-0.4, -0.2) is 39.4 Å². The predicted octanol–water partition coefficient (Wildman–Crippen LogP) is 0.233. The molecule has 2 aromatic heterocycles. The van der Waals surface area contributed by atoms with Crippen LogP contribution in [0.2, 0.25) is 0 Å². The highest BCUT2D eigenvalue weighted by Crippen LogP contribution is 2.16. The lowest BCUT2D eigenvalue weighted by Gasteiger charge is -2.08. The molecule has 0 aliphatic rings. The van der Waals surface area contributed by atoms with E-state index in [2.05, 4.69) is 25.1 Å². The number of hydrogen-bond acceptors (Lipinski definition) is 7. The van der Waals surface area contributed by atoms with E-state index >= 15 is 0 Å². The zero-order valence-electron chi connectivity index (χ0n) is 11.3. The Bertz CT molecular complexity index is 610. The van der Waals surface area contributed by atoms with Crippen LogP contribution in [-0.2, 0) is 18.2 Å². The zero-order valence-corrected chi connectivity index (χ0v) is 11.3. The van der Waals surface area contributed by atoms with Crippen molar-refractivity contribution in [2.45, 2.75) is 6.42 Å². The Hall–Kier alpha value is -2.64. The number of carbonyl (C=O) groups excluding carboxylic acids is 1. The molecule has 3 N–H and O–H groups in total. The molecule has 0 saturated heterocycles. The fourth-order valence-electron chi connectivity index (χ4n) is 1.62. The molecule has 0 saturated carbocycles. The van der Waals surface area contributed by atoms with E-state index in [0.717, 1.165) is 5.82 Å². The van der Waals surface area contributed by atoms with E-state index in [1.54, 1.807) is 17.1 Å². The molecular weight excluding hydrogens is 260 g/mol. The van der Waals surface area contributed by atoms with Crippen molar-refractivity contribution < 1.29 is 9.53 Å². The van der Waals surface area contributed by atoms with E-state index in [-0.39, 0.29) is 5.69 Å². The van der Waals surface area contributed by atoms with Gasteiger partial charge in [-0.2, -0.15) is 5.10 Å². The summed E-state index contributed by atoms with van der Waals surface area (Å²) in [5, 5.41) is 7.22. The first kappa shape index (κ1) is 13.8. The van der Waals surface area contributed by atoms with Crippen LogP contribution in [0.1, 0.15) is 16.3 Å². The Balaban J connectivity index is 1.99. The molecule has 2 aromatic rings. The number of carbonyl (C=O) groups is 1. The Morgan fingerprint density at radius 1 is 1.50 bits per heavy atom. The van der Waals surface area contributed by atoms with Crippen molar-refractivity contribution in [3.05, 3.63) is 30.0 Å². The summed E-state index contributed by atoms with van der Waals surface area (Å²) < 4.78 is 6.25. The van der Waals surface area contributed by atoms with Gasteiger partial charge in [-0.25, -0.2) is 14.8 Å². The largest absolute Gasteiger partial charge is 0.464 e. The van der Waals surface area contributed by atoms with Crippen LogP contribution in [0.3, 0.4) is 0 Å². The Morgan fingerprint density at radius 3 is 2.95 bits per heavy atom. The van der Waals surface area contributed by atoms with Gasteiger partial charge in [0.2, 0.25) is 0 Å². The number of nitrogens with two attached hydrogens (primary N) is 1. The maximum Gasteiger partial charge on any atom is 0.356 e. The topological polar surface area (TPSA) is 108 Å². The number of nitrogens with one attached hydrogen (secondary N) is 1. The molecule has 8 heteroatoms. The van der Waals surface area contributed by atoms with Gasteiger partial charge in [-0.3, -0.25) is 4.68 Å². The molecule has 106 valence electrons. The first-order valence-corrected chi connectivity index (χ1v) is 6.03. The Kier molecular flexibility index (Phi) is 4.14. The van der Waals surface area contributed by atoms with Crippen LogP contribution in [0.4, 0.5) is 11.5 Å². The van der Waals surface area contributed by atoms with E-state index in [1.165, 1.54) is 13.2 Å². The molecular formula is C12H16N6O2. The summed E-state index contributed by atoms with van der Waals surface area (Å²) in [4.78, 5) is 19.6. The highest BCUT2D eigenvalue weighted by molar-refractivity contribution is 5.88. The number of ether oxygens (including phenoxy) is 1. The number of rotatable bonds is 5. The summed E-state index contributed by atoms with van der Waals surface area (Å²) in [5.74, 6) is 0.672. The molecule has 0 aliphatic carbocycles. The predicted molar refractivity (Wildman–Crippen MR) is 73.2 cm³/mol. The van der Waals surface area contributed by atoms with Gasteiger partial charge in [0.05, 0.1) is 12.8 Å². The molecule has 0 unspecified atom stereocenters. The summed E-state index contributed by atoms with van der Waals surface area (Å²) in [6, 6.07) is 3.13. The molecule has 0 fully saturated rings. The van der Waals surface area contributed by atoms with Gasteiger partial charge in [0.15, 0.2) is 11.5 Å². The Morgan fingerprint density at radius 2 is 2.30 bits per heavy atom. The second-order valence-corrected chi connectivity index (χ2v) is 4.14. The van der Waals surface area contributed by atoms with Crippen molar-refractivity contribution in [2.75, 3.05) is 24.7 Å². The lowest BCUT2D eigenvalue weighted by Crippen LogP contribution is -2.12. The third-order valence-electron chi connectivity index (χ3n) is 2.61. The lowest BCUT2D eigenvalue weighted by atomic mass is 10.3. The summed E-state index contributed by atoms with van der Waals surface area (Å²) in [7, 11) is 3.11. The lowest BCUT2D eigenvalue weighted by molar-refractivity contribution is 0.0594. The normalized spacial score (nSPS) is 10.3. The van der Waals surface area contributed by atoms with Crippen LogP contribution >= 0.6 is 0 Å². The fourth-order valence-corrected chi connectivity index (χ4v) is 1.62. The number of aryl methyl sites for hydroxylation is 1. The van der Waals surface area contributed by atoms with Crippen LogP contribution in [0.25, 0.3) is 0 Å². The number of methoxy groups -OCH3 is 1.